The highest BCUT2D eigenvalue weighted by atomic mass is 16.5. The third kappa shape index (κ3) is 11.1. The quantitative estimate of drug-likeness (QED) is 0.422. The highest BCUT2D eigenvalue weighted by molar-refractivity contribution is 4.84. The Morgan fingerprint density at radius 2 is 1.04 bits per heavy atom. The fourth-order valence-corrected chi connectivity index (χ4v) is 3.01. The summed E-state index contributed by atoms with van der Waals surface area (Å²) < 4.78 is 0. The Balaban J connectivity index is 3.74. The van der Waals surface area contributed by atoms with Crippen LogP contribution in [0.1, 0.15) is 99.3 Å². The van der Waals surface area contributed by atoms with Crippen LogP contribution < -0.4 is 0 Å². The van der Waals surface area contributed by atoms with Gasteiger partial charge < -0.3 is 15.3 Å². The van der Waals surface area contributed by atoms with Crippen LogP contribution in [0.2, 0.25) is 0 Å². The lowest BCUT2D eigenvalue weighted by Crippen LogP contribution is -2.49. The van der Waals surface area contributed by atoms with E-state index < -0.39 is 11.4 Å². The molecule has 3 nitrogen and oxygen atoms in total. The standard InChI is InChI=1S/C20H42O3/c1-16(2)10-7-11-17(3)12-8-13-18(4)14-9-15-19(5,21)20(6,22)23/h16-18,21-23H,7-15H2,1-6H3. The van der Waals surface area contributed by atoms with Crippen LogP contribution in [-0.4, -0.2) is 26.7 Å². The summed E-state index contributed by atoms with van der Waals surface area (Å²) in [5.74, 6) is 0.254. The first-order valence-corrected chi connectivity index (χ1v) is 9.63. The molecular weight excluding hydrogens is 288 g/mol. The zero-order valence-electron chi connectivity index (χ0n) is 16.4. The summed E-state index contributed by atoms with van der Waals surface area (Å²) >= 11 is 0. The minimum atomic E-state index is -2.03. The molecule has 0 aliphatic carbocycles. The molecule has 0 saturated carbocycles. The summed E-state index contributed by atoms with van der Waals surface area (Å²) in [7, 11) is 0. The molecule has 3 atom stereocenters. The fourth-order valence-electron chi connectivity index (χ4n) is 3.01. The van der Waals surface area contributed by atoms with E-state index in [1.165, 1.54) is 52.4 Å². The van der Waals surface area contributed by atoms with Gasteiger partial charge in [-0.2, -0.15) is 0 Å². The summed E-state index contributed by atoms with van der Waals surface area (Å²) in [4.78, 5) is 0. The largest absolute Gasteiger partial charge is 0.385 e. The van der Waals surface area contributed by atoms with Gasteiger partial charge >= 0.3 is 0 Å². The van der Waals surface area contributed by atoms with E-state index in [1.807, 2.05) is 0 Å². The minimum absolute atomic E-state index is 0.423. The van der Waals surface area contributed by atoms with Gasteiger partial charge in [0, 0.05) is 0 Å². The van der Waals surface area contributed by atoms with Crippen molar-refractivity contribution < 1.29 is 15.3 Å². The maximum atomic E-state index is 10.0. The van der Waals surface area contributed by atoms with E-state index in [-0.39, 0.29) is 0 Å². The van der Waals surface area contributed by atoms with E-state index in [4.69, 9.17) is 0 Å². The third-order valence-corrected chi connectivity index (χ3v) is 5.25. The molecule has 0 saturated heterocycles. The molecule has 0 radical (unpaired) electrons. The molecular formula is C20H42O3. The second-order valence-corrected chi connectivity index (χ2v) is 8.65. The molecule has 3 N–H and O–H groups in total. The Bertz CT molecular complexity index is 292. The lowest BCUT2D eigenvalue weighted by atomic mass is 9.87. The maximum absolute atomic E-state index is 10.0. The molecule has 23 heavy (non-hydrogen) atoms. The van der Waals surface area contributed by atoms with Crippen LogP contribution in [0.15, 0.2) is 0 Å². The van der Waals surface area contributed by atoms with Crippen LogP contribution in [-0.2, 0) is 0 Å². The SMILES string of the molecule is CC(C)CCCC(C)CCCC(C)CCCC(C)(O)C(C)(O)O. The molecule has 0 heterocycles. The molecule has 0 aromatic rings. The van der Waals surface area contributed by atoms with Crippen LogP contribution in [0, 0.1) is 17.8 Å². The van der Waals surface area contributed by atoms with Gasteiger partial charge in [-0.25, -0.2) is 0 Å². The topological polar surface area (TPSA) is 60.7 Å². The van der Waals surface area contributed by atoms with Crippen molar-refractivity contribution in [3.63, 3.8) is 0 Å². The zero-order valence-corrected chi connectivity index (χ0v) is 16.4. The van der Waals surface area contributed by atoms with Crippen LogP contribution in [0.5, 0.6) is 0 Å². The normalized spacial score (nSPS) is 18.0. The molecule has 3 unspecified atom stereocenters. The molecule has 0 spiro atoms. The molecule has 0 aliphatic rings. The lowest BCUT2D eigenvalue weighted by Gasteiger charge is -2.34. The van der Waals surface area contributed by atoms with Crippen LogP contribution in [0.4, 0.5) is 0 Å². The van der Waals surface area contributed by atoms with Gasteiger partial charge in [0.2, 0.25) is 0 Å². The minimum Gasteiger partial charge on any atom is -0.385 e. The number of rotatable bonds is 13. The molecule has 0 fully saturated rings. The van der Waals surface area contributed by atoms with Gasteiger partial charge in [-0.3, -0.25) is 0 Å². The van der Waals surface area contributed by atoms with Gasteiger partial charge in [0.15, 0.2) is 5.79 Å². The van der Waals surface area contributed by atoms with E-state index in [1.54, 1.807) is 0 Å². The average molecular weight is 331 g/mol. The average Bonchev–Trinajstić information content (AvgIpc) is 2.36. The van der Waals surface area contributed by atoms with Gasteiger partial charge in [-0.15, -0.1) is 0 Å². The molecule has 140 valence electrons. The molecule has 0 aliphatic heterocycles. The fraction of sp³-hybridized carbons (Fsp3) is 1.00. The highest BCUT2D eigenvalue weighted by Gasteiger charge is 2.39. The monoisotopic (exact) mass is 330 g/mol. The van der Waals surface area contributed by atoms with E-state index in [9.17, 15) is 15.3 Å². The summed E-state index contributed by atoms with van der Waals surface area (Å²) in [6.45, 7) is 12.0. The number of hydrogen-bond acceptors (Lipinski definition) is 3. The van der Waals surface area contributed by atoms with Gasteiger partial charge in [-0.05, 0) is 38.0 Å². The molecule has 0 bridgehead atoms. The number of hydrogen-bond donors (Lipinski definition) is 3. The van der Waals surface area contributed by atoms with Crippen molar-refractivity contribution in [1.82, 2.24) is 0 Å². The van der Waals surface area contributed by atoms with E-state index in [2.05, 4.69) is 27.7 Å². The Labute approximate surface area is 144 Å². The van der Waals surface area contributed by atoms with Crippen molar-refractivity contribution in [2.45, 2.75) is 111 Å². The van der Waals surface area contributed by atoms with Crippen molar-refractivity contribution in [2.24, 2.45) is 17.8 Å². The Morgan fingerprint density at radius 1 is 0.652 bits per heavy atom. The summed E-state index contributed by atoms with van der Waals surface area (Å²) in [6.07, 6.45) is 10.1. The van der Waals surface area contributed by atoms with Gasteiger partial charge in [0.05, 0.1) is 0 Å². The van der Waals surface area contributed by atoms with Crippen molar-refractivity contribution >= 4 is 0 Å². The summed E-state index contributed by atoms with van der Waals surface area (Å²) in [6, 6.07) is 0. The second-order valence-electron chi connectivity index (χ2n) is 8.65. The molecule has 0 rings (SSSR count). The molecule has 0 aromatic heterocycles. The van der Waals surface area contributed by atoms with Gasteiger partial charge in [0.1, 0.15) is 5.60 Å². The highest BCUT2D eigenvalue weighted by Crippen LogP contribution is 2.27. The van der Waals surface area contributed by atoms with E-state index in [0.717, 1.165) is 24.7 Å². The predicted octanol–water partition coefficient (Wildman–Crippen LogP) is 4.88. The molecule has 0 aromatic carbocycles. The first-order chi connectivity index (χ1) is 10.5. The second kappa shape index (κ2) is 10.7. The van der Waals surface area contributed by atoms with E-state index in [0.29, 0.717) is 12.3 Å². The lowest BCUT2D eigenvalue weighted by molar-refractivity contribution is -0.259. The number of aliphatic hydroxyl groups is 3. The van der Waals surface area contributed by atoms with E-state index >= 15 is 0 Å². The predicted molar refractivity (Wildman–Crippen MR) is 98.2 cm³/mol. The van der Waals surface area contributed by atoms with Gasteiger partial charge in [-0.1, -0.05) is 79.1 Å². The van der Waals surface area contributed by atoms with Crippen molar-refractivity contribution in [1.29, 1.82) is 0 Å². The smallest absolute Gasteiger partial charge is 0.189 e. The Morgan fingerprint density at radius 3 is 1.43 bits per heavy atom. The van der Waals surface area contributed by atoms with Crippen LogP contribution in [0.3, 0.4) is 0 Å². The van der Waals surface area contributed by atoms with Crippen LogP contribution >= 0.6 is 0 Å². The van der Waals surface area contributed by atoms with Gasteiger partial charge in [0.25, 0.3) is 0 Å². The van der Waals surface area contributed by atoms with Crippen molar-refractivity contribution in [2.75, 3.05) is 0 Å². The summed E-state index contributed by atoms with van der Waals surface area (Å²) in [5.41, 5.74) is -1.43. The van der Waals surface area contributed by atoms with Crippen molar-refractivity contribution in [3.8, 4) is 0 Å². The Hall–Kier alpha value is -0.120. The molecule has 3 heteroatoms. The third-order valence-electron chi connectivity index (χ3n) is 5.25. The Kier molecular flexibility index (Phi) is 10.6. The maximum Gasteiger partial charge on any atom is 0.189 e. The van der Waals surface area contributed by atoms with Crippen LogP contribution in [0.25, 0.3) is 0 Å². The molecule has 0 amide bonds. The zero-order chi connectivity index (χ0) is 18.1. The first-order valence-electron chi connectivity index (χ1n) is 9.63. The summed E-state index contributed by atoms with van der Waals surface area (Å²) in [5, 5.41) is 29.1. The van der Waals surface area contributed by atoms with Crippen molar-refractivity contribution in [3.05, 3.63) is 0 Å². The first kappa shape index (κ1) is 22.9.